The summed E-state index contributed by atoms with van der Waals surface area (Å²) in [6.45, 7) is 1.76. The number of nitrogens with one attached hydrogen (secondary N) is 1. The topological polar surface area (TPSA) is 108 Å². The Bertz CT molecular complexity index is 1410. The number of nitrogens with zero attached hydrogens (tertiary/aromatic N) is 4. The molecule has 2 unspecified atom stereocenters. The number of rotatable bonds is 8. The summed E-state index contributed by atoms with van der Waals surface area (Å²) in [7, 11) is -3.55. The van der Waals surface area contributed by atoms with Crippen molar-refractivity contribution in [1.82, 2.24) is 9.97 Å². The number of hydrogen-bond donors (Lipinski definition) is 1. The van der Waals surface area contributed by atoms with Crippen molar-refractivity contribution in [1.29, 1.82) is 5.26 Å². The monoisotopic (exact) mass is 507 g/mol. The van der Waals surface area contributed by atoms with E-state index >= 15 is 4.39 Å². The highest BCUT2D eigenvalue weighted by molar-refractivity contribution is 7.92. The number of hydrogen-bond acceptors (Lipinski definition) is 7. The van der Waals surface area contributed by atoms with Crippen molar-refractivity contribution in [2.75, 3.05) is 15.4 Å². The molecule has 1 fully saturated rings. The molecule has 1 N–H and O–H groups in total. The Kier molecular flexibility index (Phi) is 6.49. The highest BCUT2D eigenvalue weighted by Crippen LogP contribution is 2.53. The SMILES string of the molecule is CCCS(=O)(=O)Nc1ccc(C2C(C#N)c3ccc(Oc4ncccn4)cc3N2C2CCC2)c(F)c1. The number of nitriles is 1. The maximum absolute atomic E-state index is 15.5. The summed E-state index contributed by atoms with van der Waals surface area (Å²) in [4.78, 5) is 10.3. The van der Waals surface area contributed by atoms with Crippen LogP contribution in [0.1, 0.15) is 55.7 Å². The lowest BCUT2D eigenvalue weighted by Crippen LogP contribution is -2.41. The van der Waals surface area contributed by atoms with Crippen LogP contribution in [0.4, 0.5) is 15.8 Å². The van der Waals surface area contributed by atoms with E-state index in [2.05, 4.69) is 25.7 Å². The van der Waals surface area contributed by atoms with E-state index in [0.717, 1.165) is 30.5 Å². The van der Waals surface area contributed by atoms with Gasteiger partial charge in [-0.25, -0.2) is 22.8 Å². The number of benzene rings is 2. The maximum Gasteiger partial charge on any atom is 0.321 e. The summed E-state index contributed by atoms with van der Waals surface area (Å²) < 4.78 is 48.1. The van der Waals surface area contributed by atoms with Crippen LogP contribution in [0, 0.1) is 17.1 Å². The molecule has 0 spiro atoms. The van der Waals surface area contributed by atoms with Gasteiger partial charge in [-0.1, -0.05) is 19.1 Å². The Balaban J connectivity index is 1.51. The molecule has 1 aliphatic heterocycles. The molecule has 8 nitrogen and oxygen atoms in total. The van der Waals surface area contributed by atoms with Crippen LogP contribution in [0.5, 0.6) is 11.8 Å². The average Bonchev–Trinajstić information content (AvgIpc) is 3.11. The van der Waals surface area contributed by atoms with Crippen LogP contribution in [-0.4, -0.2) is 30.2 Å². The number of halogens is 1. The third kappa shape index (κ3) is 4.58. The number of ether oxygens (including phenoxy) is 1. The minimum Gasteiger partial charge on any atom is -0.424 e. The summed E-state index contributed by atoms with van der Waals surface area (Å²) in [6.07, 6.45) is 6.59. The van der Waals surface area contributed by atoms with Crippen molar-refractivity contribution in [2.45, 2.75) is 50.6 Å². The minimum absolute atomic E-state index is 0.0430. The van der Waals surface area contributed by atoms with Gasteiger partial charge in [0.15, 0.2) is 0 Å². The van der Waals surface area contributed by atoms with E-state index in [1.807, 2.05) is 12.1 Å². The number of anilines is 2. The Hall–Kier alpha value is -3.71. The third-order valence-corrected chi connectivity index (χ3v) is 8.15. The van der Waals surface area contributed by atoms with Gasteiger partial charge in [-0.2, -0.15) is 5.26 Å². The first-order valence-corrected chi connectivity index (χ1v) is 13.6. The fourth-order valence-electron chi connectivity index (χ4n) is 4.89. The molecular formula is C26H26FN5O3S. The molecule has 5 rings (SSSR count). The van der Waals surface area contributed by atoms with Crippen LogP contribution >= 0.6 is 0 Å². The van der Waals surface area contributed by atoms with Crippen LogP contribution in [0.25, 0.3) is 0 Å². The molecule has 186 valence electrons. The van der Waals surface area contributed by atoms with Crippen molar-refractivity contribution in [2.24, 2.45) is 0 Å². The zero-order chi connectivity index (χ0) is 25.3. The van der Waals surface area contributed by atoms with Crippen LogP contribution in [-0.2, 0) is 10.0 Å². The molecule has 1 aromatic heterocycles. The zero-order valence-electron chi connectivity index (χ0n) is 19.8. The van der Waals surface area contributed by atoms with E-state index in [1.165, 1.54) is 6.07 Å². The second kappa shape index (κ2) is 9.74. The number of aromatic nitrogens is 2. The van der Waals surface area contributed by atoms with Crippen LogP contribution in [0.2, 0.25) is 0 Å². The highest BCUT2D eigenvalue weighted by Gasteiger charge is 2.45. The molecule has 1 saturated carbocycles. The molecule has 2 aromatic carbocycles. The van der Waals surface area contributed by atoms with Gasteiger partial charge in [0.25, 0.3) is 0 Å². The van der Waals surface area contributed by atoms with Crippen LogP contribution < -0.4 is 14.4 Å². The molecule has 0 bridgehead atoms. The van der Waals surface area contributed by atoms with Gasteiger partial charge in [-0.05, 0) is 55.5 Å². The second-order valence-electron chi connectivity index (χ2n) is 9.05. The normalized spacial score (nSPS) is 19.3. The van der Waals surface area contributed by atoms with Gasteiger partial charge in [-0.3, -0.25) is 4.72 Å². The Morgan fingerprint density at radius 1 is 1.17 bits per heavy atom. The Morgan fingerprint density at radius 2 is 1.92 bits per heavy atom. The molecule has 1 aliphatic carbocycles. The first kappa shape index (κ1) is 24.0. The summed E-state index contributed by atoms with van der Waals surface area (Å²) in [5.74, 6) is -0.663. The van der Waals surface area contributed by atoms with Crippen molar-refractivity contribution >= 4 is 21.4 Å². The average molecular weight is 508 g/mol. The van der Waals surface area contributed by atoms with E-state index < -0.39 is 27.8 Å². The summed E-state index contributed by atoms with van der Waals surface area (Å²) in [6, 6.07) is 13.7. The quantitative estimate of drug-likeness (QED) is 0.442. The van der Waals surface area contributed by atoms with E-state index in [0.29, 0.717) is 17.7 Å². The first-order valence-electron chi connectivity index (χ1n) is 12.0. The predicted octanol–water partition coefficient (Wildman–Crippen LogP) is 5.28. The highest BCUT2D eigenvalue weighted by atomic mass is 32.2. The van der Waals surface area contributed by atoms with Crippen LogP contribution in [0.15, 0.2) is 54.9 Å². The van der Waals surface area contributed by atoms with Gasteiger partial charge >= 0.3 is 6.01 Å². The molecule has 10 heteroatoms. The van der Waals surface area contributed by atoms with Crippen molar-refractivity contribution in [3.63, 3.8) is 0 Å². The lowest BCUT2D eigenvalue weighted by molar-refractivity contribution is 0.359. The number of sulfonamides is 1. The van der Waals surface area contributed by atoms with Gasteiger partial charge in [0.1, 0.15) is 11.6 Å². The van der Waals surface area contributed by atoms with Gasteiger partial charge in [-0.15, -0.1) is 0 Å². The molecule has 2 aliphatic rings. The lowest BCUT2D eigenvalue weighted by Gasteiger charge is -2.41. The van der Waals surface area contributed by atoms with Crippen molar-refractivity contribution in [3.8, 4) is 17.8 Å². The van der Waals surface area contributed by atoms with Gasteiger partial charge < -0.3 is 9.64 Å². The van der Waals surface area contributed by atoms with Crippen molar-refractivity contribution < 1.29 is 17.5 Å². The molecule has 0 amide bonds. The zero-order valence-corrected chi connectivity index (χ0v) is 20.6. The molecule has 2 atom stereocenters. The molecule has 2 heterocycles. The predicted molar refractivity (Wildman–Crippen MR) is 134 cm³/mol. The maximum atomic E-state index is 15.5. The largest absolute Gasteiger partial charge is 0.424 e. The number of fused-ring (bicyclic) bond motifs is 1. The fourth-order valence-corrected chi connectivity index (χ4v) is 6.01. The molecule has 0 radical (unpaired) electrons. The summed E-state index contributed by atoms with van der Waals surface area (Å²) in [5.41, 5.74) is 2.17. The smallest absolute Gasteiger partial charge is 0.321 e. The lowest BCUT2D eigenvalue weighted by atomic mass is 9.87. The molecule has 3 aromatic rings. The van der Waals surface area contributed by atoms with Crippen LogP contribution in [0.3, 0.4) is 0 Å². The van der Waals surface area contributed by atoms with Gasteiger partial charge in [0.05, 0.1) is 29.5 Å². The molecule has 36 heavy (non-hydrogen) atoms. The standard InChI is InChI=1S/C26H26FN5O3S/c1-2-13-36(33,34)31-17-7-9-21(23(27)14-17)25-22(16-28)20-10-8-19(35-26-29-11-4-12-30-26)15-24(20)32(25)18-5-3-6-18/h4,7-12,14-15,18,22,25,31H,2-3,5-6,13H2,1H3. The second-order valence-corrected chi connectivity index (χ2v) is 10.9. The van der Waals surface area contributed by atoms with Crippen molar-refractivity contribution in [3.05, 3.63) is 71.8 Å². The van der Waals surface area contributed by atoms with E-state index in [4.69, 9.17) is 4.74 Å². The van der Waals surface area contributed by atoms with Gasteiger partial charge in [0.2, 0.25) is 10.0 Å². The van der Waals surface area contributed by atoms with Gasteiger partial charge in [0, 0.05) is 35.8 Å². The Labute approximate surface area is 209 Å². The van der Waals surface area contributed by atoms with E-state index in [-0.39, 0.29) is 23.5 Å². The summed E-state index contributed by atoms with van der Waals surface area (Å²) in [5, 5.41) is 10.2. The minimum atomic E-state index is -3.55. The first-order chi connectivity index (χ1) is 17.4. The molecule has 0 saturated heterocycles. The van der Waals surface area contributed by atoms with E-state index in [9.17, 15) is 13.7 Å². The van der Waals surface area contributed by atoms with E-state index in [1.54, 1.807) is 43.6 Å². The molecular weight excluding hydrogens is 481 g/mol. The summed E-state index contributed by atoms with van der Waals surface area (Å²) >= 11 is 0. The Morgan fingerprint density at radius 3 is 2.56 bits per heavy atom. The third-order valence-electron chi connectivity index (χ3n) is 6.65. The fraction of sp³-hybridized carbons (Fsp3) is 0.346.